The number of rotatable bonds is 9. The molecule has 0 aliphatic carbocycles. The SMILES string of the molecule is Cc1ccc(-c2nc(C(C)(O)CCC(=O)c3cc(OCCO)c4ncccc4c3)cc3c2NCC3(C)N)cc1. The van der Waals surface area contributed by atoms with E-state index in [1.807, 2.05) is 50.2 Å². The Kier molecular flexibility index (Phi) is 7.11. The van der Waals surface area contributed by atoms with Crippen molar-refractivity contribution in [3.63, 3.8) is 0 Å². The molecule has 202 valence electrons. The molecule has 0 radical (unpaired) electrons. The number of ether oxygens (including phenoxy) is 1. The summed E-state index contributed by atoms with van der Waals surface area (Å²) in [7, 11) is 0. The Morgan fingerprint density at radius 3 is 2.72 bits per heavy atom. The highest BCUT2D eigenvalue weighted by molar-refractivity contribution is 6.01. The highest BCUT2D eigenvalue weighted by Gasteiger charge is 2.36. The lowest BCUT2D eigenvalue weighted by Crippen LogP contribution is -2.35. The first kappa shape index (κ1) is 26.7. The molecule has 0 bridgehead atoms. The molecule has 39 heavy (non-hydrogen) atoms. The number of carbonyl (C=O) groups is 1. The number of anilines is 1. The number of nitrogens with one attached hydrogen (secondary N) is 1. The van der Waals surface area contributed by atoms with Crippen LogP contribution in [0, 0.1) is 6.92 Å². The second-order valence-corrected chi connectivity index (χ2v) is 10.7. The summed E-state index contributed by atoms with van der Waals surface area (Å²) in [5.74, 6) is 0.301. The summed E-state index contributed by atoms with van der Waals surface area (Å²) in [4.78, 5) is 22.6. The molecule has 4 aromatic rings. The van der Waals surface area contributed by atoms with E-state index in [9.17, 15) is 15.0 Å². The van der Waals surface area contributed by atoms with Gasteiger partial charge < -0.3 is 26.0 Å². The van der Waals surface area contributed by atoms with Crippen LogP contribution in [0.5, 0.6) is 5.75 Å². The monoisotopic (exact) mass is 526 g/mol. The zero-order valence-corrected chi connectivity index (χ0v) is 22.5. The van der Waals surface area contributed by atoms with Crippen LogP contribution in [0.3, 0.4) is 0 Å². The molecule has 2 unspecified atom stereocenters. The van der Waals surface area contributed by atoms with Crippen molar-refractivity contribution in [1.29, 1.82) is 0 Å². The quantitative estimate of drug-likeness (QED) is 0.235. The van der Waals surface area contributed by atoms with Crippen LogP contribution >= 0.6 is 0 Å². The molecule has 8 heteroatoms. The molecule has 0 spiro atoms. The number of aliphatic hydroxyl groups excluding tert-OH is 1. The molecule has 1 aliphatic heterocycles. The first-order valence-corrected chi connectivity index (χ1v) is 13.1. The summed E-state index contributed by atoms with van der Waals surface area (Å²) in [6.45, 7) is 6.18. The van der Waals surface area contributed by atoms with Crippen molar-refractivity contribution in [3.05, 3.63) is 83.2 Å². The van der Waals surface area contributed by atoms with E-state index in [0.717, 1.165) is 33.5 Å². The van der Waals surface area contributed by atoms with Crippen molar-refractivity contribution < 1.29 is 19.7 Å². The minimum atomic E-state index is -1.38. The Morgan fingerprint density at radius 2 is 1.97 bits per heavy atom. The predicted octanol–water partition coefficient (Wildman–Crippen LogP) is 4.45. The normalized spacial score (nSPS) is 17.9. The highest BCUT2D eigenvalue weighted by Crippen LogP contribution is 2.42. The van der Waals surface area contributed by atoms with Gasteiger partial charge in [-0.1, -0.05) is 35.9 Å². The van der Waals surface area contributed by atoms with Gasteiger partial charge in [0.15, 0.2) is 5.78 Å². The number of aryl methyl sites for hydroxylation is 1. The molecule has 8 nitrogen and oxygen atoms in total. The van der Waals surface area contributed by atoms with Crippen LogP contribution in [0.1, 0.15) is 53.9 Å². The average molecular weight is 527 g/mol. The third-order valence-corrected chi connectivity index (χ3v) is 7.32. The minimum Gasteiger partial charge on any atom is -0.489 e. The van der Waals surface area contributed by atoms with Crippen molar-refractivity contribution in [3.8, 4) is 17.0 Å². The largest absolute Gasteiger partial charge is 0.489 e. The number of ketones is 1. The second kappa shape index (κ2) is 10.4. The minimum absolute atomic E-state index is 0.0922. The van der Waals surface area contributed by atoms with Crippen LogP contribution in [-0.4, -0.2) is 45.7 Å². The molecule has 2 aromatic carbocycles. The van der Waals surface area contributed by atoms with Crippen molar-refractivity contribution in [1.82, 2.24) is 9.97 Å². The maximum absolute atomic E-state index is 13.3. The fourth-order valence-corrected chi connectivity index (χ4v) is 4.95. The molecule has 0 fully saturated rings. The van der Waals surface area contributed by atoms with Gasteiger partial charge in [-0.15, -0.1) is 0 Å². The van der Waals surface area contributed by atoms with E-state index in [1.54, 1.807) is 31.3 Å². The zero-order chi connectivity index (χ0) is 27.8. The summed E-state index contributed by atoms with van der Waals surface area (Å²) < 4.78 is 5.66. The number of hydrogen-bond acceptors (Lipinski definition) is 8. The molecule has 5 N–H and O–H groups in total. The van der Waals surface area contributed by atoms with Crippen LogP contribution in [0.4, 0.5) is 5.69 Å². The number of fused-ring (bicyclic) bond motifs is 2. The van der Waals surface area contributed by atoms with Gasteiger partial charge in [0.2, 0.25) is 0 Å². The molecule has 0 saturated carbocycles. The van der Waals surface area contributed by atoms with Gasteiger partial charge in [-0.2, -0.15) is 0 Å². The van der Waals surface area contributed by atoms with E-state index in [1.165, 1.54) is 0 Å². The Bertz CT molecular complexity index is 1530. The van der Waals surface area contributed by atoms with E-state index in [2.05, 4.69) is 10.3 Å². The second-order valence-electron chi connectivity index (χ2n) is 10.7. The van der Waals surface area contributed by atoms with Crippen LogP contribution in [0.15, 0.2) is 60.8 Å². The van der Waals surface area contributed by atoms with E-state index < -0.39 is 11.1 Å². The van der Waals surface area contributed by atoms with Crippen LogP contribution < -0.4 is 15.8 Å². The molecule has 1 aliphatic rings. The Hall–Kier alpha value is -3.85. The lowest BCUT2D eigenvalue weighted by Gasteiger charge is -2.26. The van der Waals surface area contributed by atoms with Gasteiger partial charge >= 0.3 is 0 Å². The van der Waals surface area contributed by atoms with Crippen molar-refractivity contribution >= 4 is 22.4 Å². The number of pyridine rings is 2. The standard InChI is InChI=1S/C31H34N4O4/c1-19-6-8-20(9-7-19)28-29-23(30(2,32)18-34-29)17-26(35-28)31(3,38)11-10-24(37)22-15-21-5-4-12-33-27(21)25(16-22)39-14-13-36/h4-9,12,15-17,34,36,38H,10-11,13-14,18,32H2,1-3H3. The molecule has 2 aromatic heterocycles. The maximum Gasteiger partial charge on any atom is 0.163 e. The number of benzene rings is 2. The summed E-state index contributed by atoms with van der Waals surface area (Å²) >= 11 is 0. The zero-order valence-electron chi connectivity index (χ0n) is 22.5. The molecule has 0 amide bonds. The number of aliphatic hydroxyl groups is 2. The maximum atomic E-state index is 13.3. The first-order valence-electron chi connectivity index (χ1n) is 13.1. The van der Waals surface area contributed by atoms with E-state index >= 15 is 0 Å². The van der Waals surface area contributed by atoms with Crippen molar-refractivity contribution in [2.24, 2.45) is 5.73 Å². The van der Waals surface area contributed by atoms with E-state index in [0.29, 0.717) is 29.1 Å². The molecular formula is C31H34N4O4. The Balaban J connectivity index is 1.44. The van der Waals surface area contributed by atoms with Gasteiger partial charge in [0, 0.05) is 41.2 Å². The molecule has 3 heterocycles. The van der Waals surface area contributed by atoms with Crippen LogP contribution in [-0.2, 0) is 11.1 Å². The third kappa shape index (κ3) is 5.36. The number of nitrogens with two attached hydrogens (primary N) is 1. The van der Waals surface area contributed by atoms with Crippen LogP contribution in [0.25, 0.3) is 22.2 Å². The molecule has 5 rings (SSSR count). The van der Waals surface area contributed by atoms with Gasteiger partial charge in [-0.3, -0.25) is 9.78 Å². The van der Waals surface area contributed by atoms with Gasteiger partial charge in [0.25, 0.3) is 0 Å². The lowest BCUT2D eigenvalue weighted by molar-refractivity contribution is 0.0397. The van der Waals surface area contributed by atoms with E-state index in [-0.39, 0.29) is 31.8 Å². The molecule has 0 saturated heterocycles. The summed E-state index contributed by atoms with van der Waals surface area (Å²) in [6, 6.07) is 17.0. The fraction of sp³-hybridized carbons (Fsp3) is 0.323. The van der Waals surface area contributed by atoms with Gasteiger partial charge in [0.05, 0.1) is 29.2 Å². The number of Topliss-reactive ketones (excluding diaryl/α,β-unsaturated/α-hetero) is 1. The van der Waals surface area contributed by atoms with Crippen molar-refractivity contribution in [2.75, 3.05) is 25.1 Å². The molecule has 2 atom stereocenters. The van der Waals surface area contributed by atoms with Crippen molar-refractivity contribution in [2.45, 2.75) is 44.8 Å². The Morgan fingerprint density at radius 1 is 1.21 bits per heavy atom. The Labute approximate surface area is 227 Å². The predicted molar refractivity (Wildman–Crippen MR) is 152 cm³/mol. The smallest absolute Gasteiger partial charge is 0.163 e. The average Bonchev–Trinajstić information content (AvgIpc) is 3.24. The van der Waals surface area contributed by atoms with Gasteiger partial charge in [-0.05, 0) is 51.5 Å². The number of nitrogens with zero attached hydrogens (tertiary/aromatic N) is 2. The third-order valence-electron chi connectivity index (χ3n) is 7.32. The van der Waals surface area contributed by atoms with Gasteiger partial charge in [-0.25, -0.2) is 4.98 Å². The first-order chi connectivity index (χ1) is 18.6. The van der Waals surface area contributed by atoms with Gasteiger partial charge in [0.1, 0.15) is 23.5 Å². The number of carbonyl (C=O) groups excluding carboxylic acids is 1. The van der Waals surface area contributed by atoms with E-state index in [4.69, 9.17) is 15.5 Å². The lowest BCUT2D eigenvalue weighted by atomic mass is 9.87. The summed E-state index contributed by atoms with van der Waals surface area (Å²) in [5, 5.41) is 25.0. The fourth-order valence-electron chi connectivity index (χ4n) is 4.95. The number of aromatic nitrogens is 2. The molecular weight excluding hydrogens is 492 g/mol. The summed E-state index contributed by atoms with van der Waals surface area (Å²) in [5.41, 5.74) is 10.7. The summed E-state index contributed by atoms with van der Waals surface area (Å²) in [6.07, 6.45) is 1.91. The van der Waals surface area contributed by atoms with Crippen LogP contribution in [0.2, 0.25) is 0 Å². The highest BCUT2D eigenvalue weighted by atomic mass is 16.5. The number of hydrogen-bond donors (Lipinski definition) is 4. The topological polar surface area (TPSA) is 131 Å².